The monoisotopic (exact) mass is 583 g/mol. The highest BCUT2D eigenvalue weighted by molar-refractivity contribution is 9.10. The minimum atomic E-state index is -3.68. The van der Waals surface area contributed by atoms with Crippen molar-refractivity contribution < 1.29 is 13.3 Å². The van der Waals surface area contributed by atoms with E-state index in [1.807, 2.05) is 24.3 Å². The number of nitro groups is 1. The molecule has 190 valence electrons. The van der Waals surface area contributed by atoms with Gasteiger partial charge in [-0.15, -0.1) is 0 Å². The van der Waals surface area contributed by atoms with Crippen molar-refractivity contribution >= 4 is 43.4 Å². The fourth-order valence-electron chi connectivity index (χ4n) is 3.28. The van der Waals surface area contributed by atoms with Crippen molar-refractivity contribution in [2.75, 3.05) is 23.7 Å². The summed E-state index contributed by atoms with van der Waals surface area (Å²) in [7, 11) is -3.68. The van der Waals surface area contributed by atoms with E-state index in [4.69, 9.17) is 0 Å². The van der Waals surface area contributed by atoms with Crippen molar-refractivity contribution in [1.82, 2.24) is 19.7 Å². The van der Waals surface area contributed by atoms with E-state index in [2.05, 4.69) is 46.2 Å². The quantitative estimate of drug-likeness (QED) is 0.134. The molecule has 0 radical (unpaired) electrons. The Balaban J connectivity index is 1.32. The molecular formula is C24H22BrN7O4S. The molecule has 13 heteroatoms. The zero-order chi connectivity index (χ0) is 26.3. The summed E-state index contributed by atoms with van der Waals surface area (Å²) >= 11 is 3.38. The fourth-order valence-corrected chi connectivity index (χ4v) is 4.75. The van der Waals surface area contributed by atoms with Gasteiger partial charge >= 0.3 is 0 Å². The summed E-state index contributed by atoms with van der Waals surface area (Å²) in [5.41, 5.74) is 2.14. The Morgan fingerprint density at radius 3 is 2.43 bits per heavy atom. The van der Waals surface area contributed by atoms with Crippen LogP contribution in [0.15, 0.2) is 88.5 Å². The summed E-state index contributed by atoms with van der Waals surface area (Å²) in [6.45, 7) is 1.14. The van der Waals surface area contributed by atoms with Crippen LogP contribution in [0.1, 0.15) is 5.56 Å². The Kier molecular flexibility index (Phi) is 8.38. The number of nitrogens with zero attached hydrogens (tertiary/aromatic N) is 4. The topological polar surface area (TPSA) is 152 Å². The van der Waals surface area contributed by atoms with Crippen LogP contribution in [0, 0.1) is 10.1 Å². The number of aromatic nitrogens is 3. The van der Waals surface area contributed by atoms with Gasteiger partial charge in [0.25, 0.3) is 5.69 Å². The average Bonchev–Trinajstić information content (AvgIpc) is 2.91. The van der Waals surface area contributed by atoms with Crippen molar-refractivity contribution in [3.63, 3.8) is 0 Å². The van der Waals surface area contributed by atoms with Gasteiger partial charge in [0.1, 0.15) is 12.0 Å². The van der Waals surface area contributed by atoms with Crippen LogP contribution in [-0.2, 0) is 16.6 Å². The summed E-state index contributed by atoms with van der Waals surface area (Å²) in [6, 6.07) is 18.5. The second kappa shape index (κ2) is 11.9. The maximum Gasteiger partial charge on any atom is 0.287 e. The predicted octanol–water partition coefficient (Wildman–Crippen LogP) is 4.21. The lowest BCUT2D eigenvalue weighted by molar-refractivity contribution is -0.385. The van der Waals surface area contributed by atoms with E-state index < -0.39 is 14.9 Å². The molecule has 0 spiro atoms. The number of rotatable bonds is 11. The Morgan fingerprint density at radius 1 is 0.946 bits per heavy atom. The van der Waals surface area contributed by atoms with Gasteiger partial charge in [-0.2, -0.15) is 0 Å². The van der Waals surface area contributed by atoms with Crippen molar-refractivity contribution in [2.24, 2.45) is 0 Å². The Labute approximate surface area is 221 Å². The molecule has 0 saturated carbocycles. The van der Waals surface area contributed by atoms with Crippen molar-refractivity contribution in [3.8, 4) is 11.3 Å². The minimum Gasteiger partial charge on any atom is -0.368 e. The lowest BCUT2D eigenvalue weighted by atomic mass is 10.1. The zero-order valence-electron chi connectivity index (χ0n) is 19.3. The van der Waals surface area contributed by atoms with E-state index >= 15 is 0 Å². The highest BCUT2D eigenvalue weighted by Gasteiger charge is 2.14. The van der Waals surface area contributed by atoms with Crippen LogP contribution in [0.4, 0.5) is 17.5 Å². The lowest BCUT2D eigenvalue weighted by Gasteiger charge is -2.09. The summed E-state index contributed by atoms with van der Waals surface area (Å²) in [4.78, 5) is 23.0. The average molecular weight is 584 g/mol. The first-order valence-electron chi connectivity index (χ1n) is 11.1. The number of nitrogens with one attached hydrogen (secondary N) is 3. The van der Waals surface area contributed by atoms with Gasteiger partial charge in [-0.05, 0) is 42.0 Å². The van der Waals surface area contributed by atoms with Crippen molar-refractivity contribution in [1.29, 1.82) is 0 Å². The van der Waals surface area contributed by atoms with Gasteiger partial charge in [-0.1, -0.05) is 40.2 Å². The Morgan fingerprint density at radius 2 is 1.73 bits per heavy atom. The lowest BCUT2D eigenvalue weighted by Crippen LogP contribution is -2.23. The van der Waals surface area contributed by atoms with Gasteiger partial charge in [0.2, 0.25) is 16.0 Å². The maximum atomic E-state index is 12.7. The largest absolute Gasteiger partial charge is 0.368 e. The normalized spacial score (nSPS) is 11.2. The number of anilines is 2. The smallest absolute Gasteiger partial charge is 0.287 e. The number of hydrogen-bond donors (Lipinski definition) is 3. The number of benzene rings is 2. The third-order valence-electron chi connectivity index (χ3n) is 5.14. The molecule has 11 nitrogen and oxygen atoms in total. The standard InChI is InChI=1S/C24H22BrN7O4S/c25-19-3-1-2-17(14-19)15-30-37(35,36)21-7-4-18(5-8-21)22-10-11-27-24(31-22)28-13-12-26-23-9-6-20(16-29-23)32(33)34/h1-11,14,16,30H,12-13,15H2,(H,26,29)(H,27,28,31). The molecule has 0 atom stereocenters. The van der Waals surface area contributed by atoms with Gasteiger partial charge in [0.05, 0.1) is 15.5 Å². The van der Waals surface area contributed by atoms with Crippen LogP contribution < -0.4 is 15.4 Å². The van der Waals surface area contributed by atoms with Gasteiger partial charge in [-0.3, -0.25) is 10.1 Å². The van der Waals surface area contributed by atoms with Crippen LogP contribution >= 0.6 is 15.9 Å². The van der Waals surface area contributed by atoms with Crippen LogP contribution in [0.5, 0.6) is 0 Å². The third-order valence-corrected chi connectivity index (χ3v) is 7.05. The van der Waals surface area contributed by atoms with Crippen molar-refractivity contribution in [2.45, 2.75) is 11.4 Å². The first-order valence-corrected chi connectivity index (χ1v) is 13.3. The molecule has 0 fully saturated rings. The van der Waals surface area contributed by atoms with Crippen molar-refractivity contribution in [3.05, 3.63) is 99.3 Å². The molecule has 0 aliphatic rings. The fraction of sp³-hybridized carbons (Fsp3) is 0.125. The number of sulfonamides is 1. The molecule has 0 unspecified atom stereocenters. The highest BCUT2D eigenvalue weighted by Crippen LogP contribution is 2.21. The van der Waals surface area contributed by atoms with Gasteiger partial charge in [0, 0.05) is 41.9 Å². The SMILES string of the molecule is O=[N+]([O-])c1ccc(NCCNc2nccc(-c3ccc(S(=O)(=O)NCc4cccc(Br)c4)cc3)n2)nc1. The van der Waals surface area contributed by atoms with Gasteiger partial charge in [0.15, 0.2) is 0 Å². The molecule has 0 saturated heterocycles. The van der Waals surface area contributed by atoms with Gasteiger partial charge < -0.3 is 10.6 Å². The summed E-state index contributed by atoms with van der Waals surface area (Å²) in [5.74, 6) is 0.923. The molecule has 37 heavy (non-hydrogen) atoms. The van der Waals surface area contributed by atoms with E-state index in [1.165, 1.54) is 30.5 Å². The first-order chi connectivity index (χ1) is 17.8. The molecule has 0 amide bonds. The highest BCUT2D eigenvalue weighted by atomic mass is 79.9. The van der Waals surface area contributed by atoms with Gasteiger partial charge in [-0.25, -0.2) is 28.1 Å². The van der Waals surface area contributed by atoms with E-state index in [-0.39, 0.29) is 17.1 Å². The number of halogens is 1. The summed E-state index contributed by atoms with van der Waals surface area (Å²) in [6.07, 6.45) is 2.80. The molecule has 0 aliphatic carbocycles. The molecular weight excluding hydrogens is 562 g/mol. The molecule has 0 aliphatic heterocycles. The summed E-state index contributed by atoms with van der Waals surface area (Å²) in [5, 5.41) is 16.8. The molecule has 4 aromatic rings. The summed E-state index contributed by atoms with van der Waals surface area (Å²) < 4.78 is 28.9. The minimum absolute atomic E-state index is 0.0728. The zero-order valence-corrected chi connectivity index (χ0v) is 21.7. The van der Waals surface area contributed by atoms with E-state index in [1.54, 1.807) is 24.4 Å². The third kappa shape index (κ3) is 7.29. The predicted molar refractivity (Wildman–Crippen MR) is 144 cm³/mol. The Hall–Kier alpha value is -3.94. The van der Waals surface area contributed by atoms with Crippen LogP contribution in [-0.4, -0.2) is 41.4 Å². The van der Waals surface area contributed by atoms with E-state index in [0.717, 1.165) is 15.6 Å². The Bertz CT molecular complexity index is 1480. The number of hydrogen-bond acceptors (Lipinski definition) is 9. The van der Waals surface area contributed by atoms with E-state index in [9.17, 15) is 18.5 Å². The van der Waals surface area contributed by atoms with E-state index in [0.29, 0.717) is 30.5 Å². The second-order valence-corrected chi connectivity index (χ2v) is 10.4. The first kappa shape index (κ1) is 26.1. The molecule has 2 aromatic heterocycles. The second-order valence-electron chi connectivity index (χ2n) is 7.76. The molecule has 4 rings (SSSR count). The number of pyridine rings is 1. The molecule has 2 aromatic carbocycles. The maximum absolute atomic E-state index is 12.7. The molecule has 0 bridgehead atoms. The molecule has 2 heterocycles. The molecule has 3 N–H and O–H groups in total. The van der Waals surface area contributed by atoms with Crippen LogP contribution in [0.3, 0.4) is 0 Å². The van der Waals surface area contributed by atoms with Crippen LogP contribution in [0.2, 0.25) is 0 Å². The van der Waals surface area contributed by atoms with Crippen LogP contribution in [0.25, 0.3) is 11.3 Å².